The van der Waals surface area contributed by atoms with Crippen LogP contribution in [0.5, 0.6) is 0 Å². The van der Waals surface area contributed by atoms with Gasteiger partial charge in [-0.3, -0.25) is 13.9 Å². The molecule has 0 bridgehead atoms. The summed E-state index contributed by atoms with van der Waals surface area (Å²) in [6.45, 7) is 4.79. The lowest BCUT2D eigenvalue weighted by molar-refractivity contribution is -0.139. The van der Waals surface area contributed by atoms with Gasteiger partial charge in [-0.25, -0.2) is 12.8 Å². The van der Waals surface area contributed by atoms with Crippen molar-refractivity contribution in [3.05, 3.63) is 63.9 Å². The number of halogens is 3. The van der Waals surface area contributed by atoms with Crippen molar-refractivity contribution < 1.29 is 22.4 Å². The molecule has 0 spiro atoms. The van der Waals surface area contributed by atoms with Crippen LogP contribution in [-0.2, 0) is 26.2 Å². The zero-order chi connectivity index (χ0) is 25.6. The number of hydrogen-bond donors (Lipinski definition) is 1. The first-order valence-electron chi connectivity index (χ1n) is 10.6. The van der Waals surface area contributed by atoms with E-state index < -0.39 is 34.3 Å². The molecule has 0 heterocycles. The summed E-state index contributed by atoms with van der Waals surface area (Å²) in [6, 6.07) is 9.14. The number of anilines is 1. The first kappa shape index (κ1) is 27.9. The highest BCUT2D eigenvalue weighted by Crippen LogP contribution is 2.25. The number of amides is 2. The molecule has 0 aliphatic heterocycles. The number of carbonyl (C=O) groups is 2. The number of nitrogens with one attached hydrogen (secondary N) is 1. The number of sulfonamides is 1. The Kier molecular flexibility index (Phi) is 9.73. The largest absolute Gasteiger partial charge is 0.352 e. The van der Waals surface area contributed by atoms with Crippen molar-refractivity contribution in [2.75, 3.05) is 17.1 Å². The fraction of sp³-hybridized carbons (Fsp3) is 0.391. The molecule has 0 aliphatic rings. The van der Waals surface area contributed by atoms with Gasteiger partial charge in [-0.15, -0.1) is 0 Å². The predicted octanol–water partition coefficient (Wildman–Crippen LogP) is 4.23. The van der Waals surface area contributed by atoms with E-state index in [0.717, 1.165) is 22.7 Å². The number of hydrogen-bond acceptors (Lipinski definition) is 4. The van der Waals surface area contributed by atoms with Gasteiger partial charge in [0, 0.05) is 17.6 Å². The molecule has 0 saturated heterocycles. The van der Waals surface area contributed by atoms with Crippen LogP contribution in [-0.4, -0.2) is 50.0 Å². The van der Waals surface area contributed by atoms with E-state index in [0.29, 0.717) is 17.0 Å². The fourth-order valence-corrected chi connectivity index (χ4v) is 4.23. The van der Waals surface area contributed by atoms with Crippen LogP contribution in [0.25, 0.3) is 0 Å². The van der Waals surface area contributed by atoms with Crippen LogP contribution in [0.15, 0.2) is 42.5 Å². The fourth-order valence-electron chi connectivity index (χ4n) is 3.09. The summed E-state index contributed by atoms with van der Waals surface area (Å²) >= 11 is 11.8. The first-order valence-corrected chi connectivity index (χ1v) is 13.2. The van der Waals surface area contributed by atoms with E-state index in [1.54, 1.807) is 31.2 Å². The molecule has 7 nitrogen and oxygen atoms in total. The highest BCUT2D eigenvalue weighted by atomic mass is 35.5. The topological polar surface area (TPSA) is 86.8 Å². The van der Waals surface area contributed by atoms with Crippen molar-refractivity contribution in [2.45, 2.75) is 45.8 Å². The summed E-state index contributed by atoms with van der Waals surface area (Å²) in [6.07, 6.45) is 1.64. The second-order valence-corrected chi connectivity index (χ2v) is 10.8. The molecular weight excluding hydrogens is 504 g/mol. The van der Waals surface area contributed by atoms with Crippen molar-refractivity contribution in [1.82, 2.24) is 10.2 Å². The normalized spacial score (nSPS) is 13.1. The molecule has 186 valence electrons. The number of rotatable bonds is 10. The van der Waals surface area contributed by atoms with Gasteiger partial charge in [0.05, 0.1) is 17.0 Å². The third-order valence-electron chi connectivity index (χ3n) is 5.30. The van der Waals surface area contributed by atoms with Gasteiger partial charge in [-0.1, -0.05) is 42.3 Å². The van der Waals surface area contributed by atoms with Gasteiger partial charge in [-0.2, -0.15) is 0 Å². The summed E-state index contributed by atoms with van der Waals surface area (Å²) in [4.78, 5) is 27.5. The third-order valence-corrected chi connectivity index (χ3v) is 6.99. The van der Waals surface area contributed by atoms with Crippen LogP contribution in [0.4, 0.5) is 10.1 Å². The summed E-state index contributed by atoms with van der Waals surface area (Å²) in [7, 11) is -3.94. The van der Waals surface area contributed by atoms with E-state index in [4.69, 9.17) is 23.2 Å². The van der Waals surface area contributed by atoms with Crippen molar-refractivity contribution in [3.8, 4) is 0 Å². The number of carbonyl (C=O) groups excluding carboxylic acids is 2. The maximum absolute atomic E-state index is 13.6. The van der Waals surface area contributed by atoms with Crippen LogP contribution in [0.2, 0.25) is 10.0 Å². The van der Waals surface area contributed by atoms with Gasteiger partial charge < -0.3 is 10.2 Å². The molecule has 0 fully saturated rings. The molecule has 2 rings (SSSR count). The van der Waals surface area contributed by atoms with Crippen molar-refractivity contribution in [3.63, 3.8) is 0 Å². The molecule has 34 heavy (non-hydrogen) atoms. The van der Waals surface area contributed by atoms with Gasteiger partial charge >= 0.3 is 0 Å². The molecule has 0 aliphatic carbocycles. The minimum atomic E-state index is -3.94. The van der Waals surface area contributed by atoms with E-state index in [1.165, 1.54) is 11.0 Å². The summed E-state index contributed by atoms with van der Waals surface area (Å²) in [5.41, 5.74) is 0.738. The minimum Gasteiger partial charge on any atom is -0.352 e. The van der Waals surface area contributed by atoms with Crippen LogP contribution < -0.4 is 9.62 Å². The second kappa shape index (κ2) is 11.9. The summed E-state index contributed by atoms with van der Waals surface area (Å²) < 4.78 is 39.4. The van der Waals surface area contributed by atoms with E-state index in [-0.39, 0.29) is 29.2 Å². The van der Waals surface area contributed by atoms with Gasteiger partial charge in [0.2, 0.25) is 21.8 Å². The second-order valence-electron chi connectivity index (χ2n) is 8.01. The molecule has 2 amide bonds. The van der Waals surface area contributed by atoms with Crippen LogP contribution >= 0.6 is 23.2 Å². The molecule has 0 saturated carbocycles. The van der Waals surface area contributed by atoms with Gasteiger partial charge in [0.25, 0.3) is 0 Å². The van der Waals surface area contributed by atoms with E-state index in [2.05, 4.69) is 5.32 Å². The van der Waals surface area contributed by atoms with Crippen LogP contribution in [0, 0.1) is 5.82 Å². The quantitative estimate of drug-likeness (QED) is 0.496. The lowest BCUT2D eigenvalue weighted by atomic mass is 10.1. The molecule has 0 unspecified atom stereocenters. The van der Waals surface area contributed by atoms with E-state index in [9.17, 15) is 22.4 Å². The van der Waals surface area contributed by atoms with Gasteiger partial charge in [0.15, 0.2) is 0 Å². The Morgan fingerprint density at radius 1 is 1.09 bits per heavy atom. The first-order chi connectivity index (χ1) is 15.8. The molecule has 2 aromatic rings. The average molecular weight is 532 g/mol. The molecular formula is C23H28Cl2FN3O4S. The lowest BCUT2D eigenvalue weighted by Gasteiger charge is -2.32. The Hall–Kier alpha value is -2.36. The highest BCUT2D eigenvalue weighted by molar-refractivity contribution is 7.92. The Labute approximate surface area is 209 Å². The van der Waals surface area contributed by atoms with Crippen molar-refractivity contribution >= 4 is 50.7 Å². The molecule has 2 aromatic carbocycles. The zero-order valence-corrected chi connectivity index (χ0v) is 21.7. The molecule has 2 atom stereocenters. The Balaban J connectivity index is 2.39. The molecule has 0 aromatic heterocycles. The Morgan fingerprint density at radius 2 is 1.71 bits per heavy atom. The molecule has 11 heteroatoms. The van der Waals surface area contributed by atoms with E-state index >= 15 is 0 Å². The van der Waals surface area contributed by atoms with Gasteiger partial charge in [0.1, 0.15) is 18.4 Å². The Bertz CT molecular complexity index is 1130. The average Bonchev–Trinajstić information content (AvgIpc) is 2.77. The lowest BCUT2D eigenvalue weighted by Crippen LogP contribution is -2.52. The maximum atomic E-state index is 13.6. The smallest absolute Gasteiger partial charge is 0.244 e. The monoisotopic (exact) mass is 531 g/mol. The van der Waals surface area contributed by atoms with Crippen molar-refractivity contribution in [1.29, 1.82) is 0 Å². The third kappa shape index (κ3) is 7.58. The molecule has 0 radical (unpaired) electrons. The minimum absolute atomic E-state index is 0.0328. The summed E-state index contributed by atoms with van der Waals surface area (Å²) in [5, 5.41) is 3.08. The number of nitrogens with zero attached hydrogens (tertiary/aromatic N) is 2. The summed E-state index contributed by atoms with van der Waals surface area (Å²) in [5.74, 6) is -1.70. The van der Waals surface area contributed by atoms with Crippen LogP contribution in [0.1, 0.15) is 32.8 Å². The highest BCUT2D eigenvalue weighted by Gasteiger charge is 2.30. The maximum Gasteiger partial charge on any atom is 0.244 e. The van der Waals surface area contributed by atoms with Crippen LogP contribution in [0.3, 0.4) is 0 Å². The van der Waals surface area contributed by atoms with E-state index in [1.807, 2.05) is 13.8 Å². The van der Waals surface area contributed by atoms with Gasteiger partial charge in [-0.05, 0) is 56.2 Å². The SMILES string of the molecule is CC[C@H](C)NC(=O)[C@@H](C)N(Cc1ccc(Cl)cc1)C(=O)CN(c1ccc(F)c(Cl)c1)S(C)(=O)=O. The van der Waals surface area contributed by atoms with Crippen molar-refractivity contribution in [2.24, 2.45) is 0 Å². The zero-order valence-electron chi connectivity index (χ0n) is 19.4. The Morgan fingerprint density at radius 3 is 2.24 bits per heavy atom. The molecule has 1 N–H and O–H groups in total. The number of benzene rings is 2. The standard InChI is InChI=1S/C23H28Cl2FN3O4S/c1-5-15(2)27-23(31)16(3)28(13-17-6-8-18(24)9-7-17)22(30)14-29(34(4,32)33)19-10-11-21(26)20(25)12-19/h6-12,15-16H,5,13-14H2,1-4H3,(H,27,31)/t15-,16+/m0/s1. The predicted molar refractivity (Wildman–Crippen MR) is 133 cm³/mol.